The molecule has 0 bridgehead atoms. The standard InChI is InChI=1S/C13H14ClN5O2/c1-19(12-10(14)13(20)17-7-16-12)6-8-3-2-4-9(5-8)11(15)18-21/h2-5,7,21H,6H2,1H3,(H2,15,18)(H,16,17,20). The summed E-state index contributed by atoms with van der Waals surface area (Å²) < 4.78 is 0. The third-order valence-corrected chi connectivity index (χ3v) is 3.23. The van der Waals surface area contributed by atoms with Gasteiger partial charge in [0, 0.05) is 19.2 Å². The number of nitrogens with zero attached hydrogens (tertiary/aromatic N) is 3. The lowest BCUT2D eigenvalue weighted by Crippen LogP contribution is -2.22. The third-order valence-electron chi connectivity index (χ3n) is 2.89. The monoisotopic (exact) mass is 307 g/mol. The Labute approximate surface area is 125 Å². The fourth-order valence-electron chi connectivity index (χ4n) is 1.88. The molecule has 0 unspecified atom stereocenters. The van der Waals surface area contributed by atoms with E-state index in [0.717, 1.165) is 5.56 Å². The second-order valence-corrected chi connectivity index (χ2v) is 4.79. The number of anilines is 1. The number of rotatable bonds is 4. The Balaban J connectivity index is 2.26. The second kappa shape index (κ2) is 6.27. The molecule has 1 aromatic heterocycles. The molecular weight excluding hydrogens is 294 g/mol. The quantitative estimate of drug-likeness (QED) is 0.340. The van der Waals surface area contributed by atoms with Gasteiger partial charge in [-0.1, -0.05) is 35.0 Å². The van der Waals surface area contributed by atoms with E-state index in [-0.39, 0.29) is 16.4 Å². The van der Waals surface area contributed by atoms with Crippen molar-refractivity contribution in [1.82, 2.24) is 9.97 Å². The molecule has 0 aliphatic heterocycles. The number of aromatic nitrogens is 2. The molecule has 4 N–H and O–H groups in total. The van der Waals surface area contributed by atoms with E-state index in [1.165, 1.54) is 6.33 Å². The van der Waals surface area contributed by atoms with E-state index in [1.807, 2.05) is 6.07 Å². The topological polar surface area (TPSA) is 108 Å². The number of aromatic amines is 1. The fourth-order valence-corrected chi connectivity index (χ4v) is 2.12. The molecule has 0 aliphatic carbocycles. The number of amidine groups is 1. The number of hydrogen-bond donors (Lipinski definition) is 3. The lowest BCUT2D eigenvalue weighted by atomic mass is 10.1. The van der Waals surface area contributed by atoms with Gasteiger partial charge in [0.2, 0.25) is 0 Å². The SMILES string of the molecule is CN(Cc1cccc(/C(N)=N/O)c1)c1nc[nH]c(=O)c1Cl. The molecule has 110 valence electrons. The Morgan fingerprint density at radius 3 is 3.05 bits per heavy atom. The van der Waals surface area contributed by atoms with Gasteiger partial charge in [-0.2, -0.15) is 0 Å². The first-order chi connectivity index (χ1) is 10.0. The molecule has 0 atom stereocenters. The molecule has 0 fully saturated rings. The molecule has 0 saturated heterocycles. The van der Waals surface area contributed by atoms with Gasteiger partial charge in [0.05, 0.1) is 6.33 Å². The van der Waals surface area contributed by atoms with Gasteiger partial charge in [0.15, 0.2) is 11.7 Å². The highest BCUT2D eigenvalue weighted by Crippen LogP contribution is 2.19. The zero-order valence-electron chi connectivity index (χ0n) is 11.2. The molecule has 0 radical (unpaired) electrons. The highest BCUT2D eigenvalue weighted by atomic mass is 35.5. The molecule has 1 aromatic carbocycles. The smallest absolute Gasteiger partial charge is 0.271 e. The van der Waals surface area contributed by atoms with E-state index in [2.05, 4.69) is 15.1 Å². The molecule has 0 aliphatic rings. The van der Waals surface area contributed by atoms with Crippen LogP contribution in [0.3, 0.4) is 0 Å². The minimum absolute atomic E-state index is 0.0341. The number of halogens is 1. The van der Waals surface area contributed by atoms with Crippen molar-refractivity contribution in [3.8, 4) is 0 Å². The summed E-state index contributed by atoms with van der Waals surface area (Å²) in [5, 5.41) is 11.7. The van der Waals surface area contributed by atoms with Crippen LogP contribution in [0.2, 0.25) is 5.02 Å². The summed E-state index contributed by atoms with van der Waals surface area (Å²) in [7, 11) is 1.77. The Morgan fingerprint density at radius 2 is 2.33 bits per heavy atom. The molecular formula is C13H14ClN5O2. The zero-order valence-corrected chi connectivity index (χ0v) is 12.0. The van der Waals surface area contributed by atoms with Gasteiger partial charge in [0.25, 0.3) is 5.56 Å². The molecule has 2 aromatic rings. The molecule has 21 heavy (non-hydrogen) atoms. The summed E-state index contributed by atoms with van der Waals surface area (Å²) in [6.07, 6.45) is 1.30. The second-order valence-electron chi connectivity index (χ2n) is 4.41. The summed E-state index contributed by atoms with van der Waals surface area (Å²) in [4.78, 5) is 19.7. The Hall–Kier alpha value is -2.54. The minimum Gasteiger partial charge on any atom is -0.409 e. The predicted octanol–water partition coefficient (Wildman–Crippen LogP) is 1.15. The molecule has 1 heterocycles. The van der Waals surface area contributed by atoms with Gasteiger partial charge in [-0.3, -0.25) is 4.79 Å². The van der Waals surface area contributed by atoms with Crippen LogP contribution in [-0.4, -0.2) is 28.1 Å². The van der Waals surface area contributed by atoms with Crippen LogP contribution in [0.1, 0.15) is 11.1 Å². The van der Waals surface area contributed by atoms with Crippen molar-refractivity contribution in [2.24, 2.45) is 10.9 Å². The van der Waals surface area contributed by atoms with Crippen LogP contribution in [0.15, 0.2) is 40.5 Å². The molecule has 0 saturated carbocycles. The highest BCUT2D eigenvalue weighted by molar-refractivity contribution is 6.32. The summed E-state index contributed by atoms with van der Waals surface area (Å²) >= 11 is 5.94. The van der Waals surface area contributed by atoms with Crippen molar-refractivity contribution < 1.29 is 5.21 Å². The van der Waals surface area contributed by atoms with Crippen LogP contribution in [-0.2, 0) is 6.54 Å². The summed E-state index contributed by atoms with van der Waals surface area (Å²) in [5.74, 6) is 0.418. The van der Waals surface area contributed by atoms with Gasteiger partial charge >= 0.3 is 0 Å². The zero-order chi connectivity index (χ0) is 15.4. The maximum absolute atomic E-state index is 11.5. The first-order valence-electron chi connectivity index (χ1n) is 6.04. The van der Waals surface area contributed by atoms with Gasteiger partial charge in [-0.05, 0) is 11.6 Å². The molecule has 0 amide bonds. The van der Waals surface area contributed by atoms with Crippen LogP contribution >= 0.6 is 11.6 Å². The number of benzene rings is 1. The lowest BCUT2D eigenvalue weighted by molar-refractivity contribution is 0.318. The number of hydrogen-bond acceptors (Lipinski definition) is 5. The van der Waals surface area contributed by atoms with Gasteiger partial charge in [0.1, 0.15) is 5.02 Å². The number of nitrogens with two attached hydrogens (primary N) is 1. The molecule has 7 nitrogen and oxygen atoms in total. The number of H-pyrrole nitrogens is 1. The molecule has 8 heteroatoms. The summed E-state index contributed by atoms with van der Waals surface area (Å²) in [6, 6.07) is 7.19. The van der Waals surface area contributed by atoms with E-state index in [0.29, 0.717) is 17.9 Å². The minimum atomic E-state index is -0.390. The van der Waals surface area contributed by atoms with Crippen molar-refractivity contribution in [3.05, 3.63) is 57.1 Å². The first-order valence-corrected chi connectivity index (χ1v) is 6.42. The molecule has 2 rings (SSSR count). The van der Waals surface area contributed by atoms with Crippen molar-refractivity contribution in [1.29, 1.82) is 0 Å². The van der Waals surface area contributed by atoms with E-state index in [1.54, 1.807) is 30.1 Å². The van der Waals surface area contributed by atoms with Crippen LogP contribution in [0.4, 0.5) is 5.82 Å². The van der Waals surface area contributed by atoms with E-state index in [9.17, 15) is 4.79 Å². The predicted molar refractivity (Wildman–Crippen MR) is 80.9 cm³/mol. The van der Waals surface area contributed by atoms with Crippen LogP contribution in [0.25, 0.3) is 0 Å². The van der Waals surface area contributed by atoms with E-state index >= 15 is 0 Å². The molecule has 0 spiro atoms. The average molecular weight is 308 g/mol. The summed E-state index contributed by atoms with van der Waals surface area (Å²) in [6.45, 7) is 0.461. The average Bonchev–Trinajstić information content (AvgIpc) is 2.49. The van der Waals surface area contributed by atoms with Crippen molar-refractivity contribution in [3.63, 3.8) is 0 Å². The Kier molecular flexibility index (Phi) is 4.44. The third kappa shape index (κ3) is 3.32. The van der Waals surface area contributed by atoms with Crippen molar-refractivity contribution in [2.45, 2.75) is 6.54 Å². The maximum Gasteiger partial charge on any atom is 0.271 e. The van der Waals surface area contributed by atoms with E-state index < -0.39 is 0 Å². The van der Waals surface area contributed by atoms with Crippen LogP contribution < -0.4 is 16.2 Å². The van der Waals surface area contributed by atoms with Crippen LogP contribution in [0.5, 0.6) is 0 Å². The van der Waals surface area contributed by atoms with Crippen LogP contribution in [0, 0.1) is 0 Å². The summed E-state index contributed by atoms with van der Waals surface area (Å²) in [5.41, 5.74) is 6.67. The van der Waals surface area contributed by atoms with Crippen molar-refractivity contribution >= 4 is 23.3 Å². The first kappa shape index (κ1) is 14.9. The fraction of sp³-hybridized carbons (Fsp3) is 0.154. The maximum atomic E-state index is 11.5. The Bertz CT molecular complexity index is 728. The lowest BCUT2D eigenvalue weighted by Gasteiger charge is -2.19. The largest absolute Gasteiger partial charge is 0.409 e. The Morgan fingerprint density at radius 1 is 1.57 bits per heavy atom. The van der Waals surface area contributed by atoms with Crippen molar-refractivity contribution in [2.75, 3.05) is 11.9 Å². The number of nitrogens with one attached hydrogen (secondary N) is 1. The van der Waals surface area contributed by atoms with Gasteiger partial charge in [-0.25, -0.2) is 4.98 Å². The van der Waals surface area contributed by atoms with E-state index in [4.69, 9.17) is 22.5 Å². The number of oxime groups is 1. The normalized spacial score (nSPS) is 11.4. The van der Waals surface area contributed by atoms with Gasteiger partial charge in [-0.15, -0.1) is 0 Å². The highest BCUT2D eigenvalue weighted by Gasteiger charge is 2.11. The van der Waals surface area contributed by atoms with Gasteiger partial charge < -0.3 is 20.8 Å².